The molecule has 0 spiro atoms. The van der Waals surface area contributed by atoms with Crippen LogP contribution in [-0.4, -0.2) is 47.2 Å². The van der Waals surface area contributed by atoms with Crippen molar-refractivity contribution in [3.8, 4) is 11.3 Å². The van der Waals surface area contributed by atoms with Gasteiger partial charge in [0.2, 0.25) is 0 Å². The minimum absolute atomic E-state index is 0.0542. The predicted octanol–water partition coefficient (Wildman–Crippen LogP) is 3.80. The molecule has 144 valence electrons. The topological polar surface area (TPSA) is 52.2 Å². The molecule has 0 unspecified atom stereocenters. The molecular weight excluding hydrogens is 355 g/mol. The first kappa shape index (κ1) is 18.2. The van der Waals surface area contributed by atoms with E-state index in [9.17, 15) is 9.18 Å². The summed E-state index contributed by atoms with van der Waals surface area (Å²) >= 11 is 0. The van der Waals surface area contributed by atoms with Crippen LogP contribution in [0.15, 0.2) is 48.5 Å². The van der Waals surface area contributed by atoms with Crippen LogP contribution in [0, 0.1) is 19.7 Å². The summed E-state index contributed by atoms with van der Waals surface area (Å²) in [7, 11) is 0. The largest absolute Gasteiger partial charge is 0.368 e. The van der Waals surface area contributed by atoms with Gasteiger partial charge in [0.1, 0.15) is 11.5 Å². The Morgan fingerprint density at radius 2 is 1.75 bits per heavy atom. The van der Waals surface area contributed by atoms with Gasteiger partial charge in [0.15, 0.2) is 0 Å². The Morgan fingerprint density at radius 3 is 2.46 bits per heavy atom. The van der Waals surface area contributed by atoms with Gasteiger partial charge >= 0.3 is 0 Å². The summed E-state index contributed by atoms with van der Waals surface area (Å²) in [5.41, 5.74) is 5.68. The second-order valence-electron chi connectivity index (χ2n) is 7.17. The molecule has 1 amide bonds. The fraction of sp³-hybridized carbons (Fsp3) is 0.273. The molecule has 0 aliphatic carbocycles. The number of piperazine rings is 1. The Labute approximate surface area is 163 Å². The van der Waals surface area contributed by atoms with E-state index in [1.807, 2.05) is 4.90 Å². The second kappa shape index (κ2) is 7.46. The van der Waals surface area contributed by atoms with Crippen LogP contribution in [0.3, 0.4) is 0 Å². The van der Waals surface area contributed by atoms with E-state index in [4.69, 9.17) is 0 Å². The number of H-pyrrole nitrogens is 1. The molecule has 6 heteroatoms. The highest BCUT2D eigenvalue weighted by molar-refractivity contribution is 5.93. The van der Waals surface area contributed by atoms with E-state index < -0.39 is 0 Å². The van der Waals surface area contributed by atoms with Crippen molar-refractivity contribution in [1.29, 1.82) is 0 Å². The lowest BCUT2D eigenvalue weighted by Crippen LogP contribution is -2.49. The first-order valence-electron chi connectivity index (χ1n) is 9.45. The number of benzene rings is 2. The molecule has 0 atom stereocenters. The second-order valence-corrected chi connectivity index (χ2v) is 7.17. The van der Waals surface area contributed by atoms with Crippen molar-refractivity contribution in [2.24, 2.45) is 0 Å². The number of aryl methyl sites for hydroxylation is 1. The van der Waals surface area contributed by atoms with Gasteiger partial charge in [-0.3, -0.25) is 9.89 Å². The molecule has 0 saturated carbocycles. The van der Waals surface area contributed by atoms with E-state index in [2.05, 4.69) is 47.1 Å². The van der Waals surface area contributed by atoms with Gasteiger partial charge in [-0.05, 0) is 61.4 Å². The fourth-order valence-electron chi connectivity index (χ4n) is 3.60. The number of carbonyl (C=O) groups excluding carboxylic acids is 1. The average Bonchev–Trinajstić information content (AvgIpc) is 3.20. The molecule has 1 N–H and O–H groups in total. The summed E-state index contributed by atoms with van der Waals surface area (Å²) in [5, 5.41) is 7.04. The van der Waals surface area contributed by atoms with E-state index in [0.29, 0.717) is 24.5 Å². The zero-order chi connectivity index (χ0) is 19.7. The van der Waals surface area contributed by atoms with Gasteiger partial charge in [-0.25, -0.2) is 4.39 Å². The van der Waals surface area contributed by atoms with E-state index in [0.717, 1.165) is 18.7 Å². The summed E-state index contributed by atoms with van der Waals surface area (Å²) in [6, 6.07) is 14.2. The Morgan fingerprint density at radius 1 is 1.04 bits per heavy atom. The number of hydrogen-bond donors (Lipinski definition) is 1. The van der Waals surface area contributed by atoms with Crippen LogP contribution in [0.5, 0.6) is 0 Å². The average molecular weight is 378 g/mol. The SMILES string of the molecule is Cc1cccc(N2CCN(C(=O)c3cc(-c4ccc(F)cc4)n[nH]3)CC2)c1C. The van der Waals surface area contributed by atoms with E-state index in [1.165, 1.54) is 28.9 Å². The number of anilines is 1. The summed E-state index contributed by atoms with van der Waals surface area (Å²) in [5.74, 6) is -0.348. The van der Waals surface area contributed by atoms with Crippen LogP contribution < -0.4 is 4.90 Å². The summed E-state index contributed by atoms with van der Waals surface area (Å²) in [6.07, 6.45) is 0. The normalized spacial score (nSPS) is 14.4. The Hall–Kier alpha value is -3.15. The van der Waals surface area contributed by atoms with Gasteiger partial charge in [0, 0.05) is 37.4 Å². The van der Waals surface area contributed by atoms with E-state index in [-0.39, 0.29) is 11.7 Å². The molecule has 1 aromatic heterocycles. The van der Waals surface area contributed by atoms with Crippen molar-refractivity contribution in [3.05, 3.63) is 71.2 Å². The van der Waals surface area contributed by atoms with Crippen LogP contribution in [0.4, 0.5) is 10.1 Å². The highest BCUT2D eigenvalue weighted by Gasteiger charge is 2.24. The van der Waals surface area contributed by atoms with Crippen molar-refractivity contribution >= 4 is 11.6 Å². The van der Waals surface area contributed by atoms with Crippen molar-refractivity contribution in [1.82, 2.24) is 15.1 Å². The number of nitrogens with one attached hydrogen (secondary N) is 1. The number of aromatic nitrogens is 2. The molecule has 0 radical (unpaired) electrons. The highest BCUT2D eigenvalue weighted by Crippen LogP contribution is 2.24. The third-order valence-corrected chi connectivity index (χ3v) is 5.43. The van der Waals surface area contributed by atoms with Gasteiger partial charge in [-0.15, -0.1) is 0 Å². The number of rotatable bonds is 3. The molecule has 2 heterocycles. The van der Waals surface area contributed by atoms with Crippen molar-refractivity contribution in [3.63, 3.8) is 0 Å². The minimum atomic E-state index is -0.294. The highest BCUT2D eigenvalue weighted by atomic mass is 19.1. The molecule has 3 aromatic rings. The molecule has 0 bridgehead atoms. The maximum atomic E-state index is 13.1. The number of nitrogens with zero attached hydrogens (tertiary/aromatic N) is 3. The van der Waals surface area contributed by atoms with Gasteiger partial charge in [0.05, 0.1) is 5.69 Å². The van der Waals surface area contributed by atoms with Gasteiger partial charge < -0.3 is 9.80 Å². The number of aromatic amines is 1. The number of carbonyl (C=O) groups is 1. The lowest BCUT2D eigenvalue weighted by Gasteiger charge is -2.36. The number of hydrogen-bond acceptors (Lipinski definition) is 3. The number of amides is 1. The lowest BCUT2D eigenvalue weighted by atomic mass is 10.1. The lowest BCUT2D eigenvalue weighted by molar-refractivity contribution is 0.0741. The smallest absolute Gasteiger partial charge is 0.272 e. The van der Waals surface area contributed by atoms with Crippen LogP contribution in [0.1, 0.15) is 21.6 Å². The Kier molecular flexibility index (Phi) is 4.86. The molecule has 28 heavy (non-hydrogen) atoms. The third kappa shape index (κ3) is 3.50. The van der Waals surface area contributed by atoms with Crippen molar-refractivity contribution in [2.45, 2.75) is 13.8 Å². The predicted molar refractivity (Wildman–Crippen MR) is 108 cm³/mol. The third-order valence-electron chi connectivity index (χ3n) is 5.43. The van der Waals surface area contributed by atoms with Gasteiger partial charge in [-0.1, -0.05) is 12.1 Å². The zero-order valence-electron chi connectivity index (χ0n) is 16.1. The maximum Gasteiger partial charge on any atom is 0.272 e. The van der Waals surface area contributed by atoms with Crippen LogP contribution >= 0.6 is 0 Å². The summed E-state index contributed by atoms with van der Waals surface area (Å²) in [6.45, 7) is 7.19. The minimum Gasteiger partial charge on any atom is -0.368 e. The molecule has 1 aliphatic heterocycles. The molecule has 4 rings (SSSR count). The van der Waals surface area contributed by atoms with Crippen LogP contribution in [0.25, 0.3) is 11.3 Å². The number of halogens is 1. The maximum absolute atomic E-state index is 13.1. The Balaban J connectivity index is 1.43. The monoisotopic (exact) mass is 378 g/mol. The molecule has 1 fully saturated rings. The first-order chi connectivity index (χ1) is 13.5. The summed E-state index contributed by atoms with van der Waals surface area (Å²) in [4.78, 5) is 17.0. The van der Waals surface area contributed by atoms with Crippen molar-refractivity contribution in [2.75, 3.05) is 31.1 Å². The molecule has 5 nitrogen and oxygen atoms in total. The molecule has 2 aromatic carbocycles. The van der Waals surface area contributed by atoms with Crippen LogP contribution in [0.2, 0.25) is 0 Å². The standard InChI is InChI=1S/C22H23FN4O/c1-15-4-3-5-21(16(15)2)26-10-12-27(13-11-26)22(28)20-14-19(24-25-20)17-6-8-18(23)9-7-17/h3-9,14H,10-13H2,1-2H3,(H,24,25). The summed E-state index contributed by atoms with van der Waals surface area (Å²) < 4.78 is 13.1. The van der Waals surface area contributed by atoms with Crippen LogP contribution in [-0.2, 0) is 0 Å². The zero-order valence-corrected chi connectivity index (χ0v) is 16.1. The van der Waals surface area contributed by atoms with Gasteiger partial charge in [0.25, 0.3) is 5.91 Å². The Bertz CT molecular complexity index is 988. The van der Waals surface area contributed by atoms with Gasteiger partial charge in [-0.2, -0.15) is 5.10 Å². The van der Waals surface area contributed by atoms with E-state index >= 15 is 0 Å². The fourth-order valence-corrected chi connectivity index (χ4v) is 3.60. The molecule has 1 saturated heterocycles. The van der Waals surface area contributed by atoms with Crippen molar-refractivity contribution < 1.29 is 9.18 Å². The molecule has 1 aliphatic rings. The first-order valence-corrected chi connectivity index (χ1v) is 9.45. The molecular formula is C22H23FN4O. The quantitative estimate of drug-likeness (QED) is 0.754. The van der Waals surface area contributed by atoms with E-state index in [1.54, 1.807) is 18.2 Å².